The highest BCUT2D eigenvalue weighted by Crippen LogP contribution is 2.20. The smallest absolute Gasteiger partial charge is 0.263 e. The number of amides is 1. The largest absolute Gasteiger partial charge is 0.352 e. The van der Waals surface area contributed by atoms with Gasteiger partial charge < -0.3 is 9.80 Å². The molecule has 0 saturated carbocycles. The Morgan fingerprint density at radius 3 is 2.38 bits per heavy atom. The molecule has 0 radical (unpaired) electrons. The molecule has 1 aromatic carbocycles. The summed E-state index contributed by atoms with van der Waals surface area (Å²) in [6, 6.07) is 8.60. The van der Waals surface area contributed by atoms with Crippen molar-refractivity contribution in [3.63, 3.8) is 0 Å². The average molecular weight is 375 g/mol. The van der Waals surface area contributed by atoms with E-state index in [1.807, 2.05) is 17.9 Å². The molecule has 0 bridgehead atoms. The van der Waals surface area contributed by atoms with E-state index in [0.29, 0.717) is 37.6 Å². The number of nitrogens with zero attached hydrogens (tertiary/aromatic N) is 4. The second kappa shape index (κ2) is 7.28. The second-order valence-corrected chi connectivity index (χ2v) is 7.93. The molecule has 2 heterocycles. The molecule has 8 nitrogen and oxygen atoms in total. The predicted octanol–water partition coefficient (Wildman–Crippen LogP) is 1.17. The number of piperazine rings is 1. The minimum Gasteiger partial charge on any atom is -0.352 e. The van der Waals surface area contributed by atoms with E-state index >= 15 is 0 Å². The third kappa shape index (κ3) is 3.93. The first-order valence-corrected chi connectivity index (χ1v) is 9.75. The number of aromatic nitrogens is 2. The van der Waals surface area contributed by atoms with Gasteiger partial charge in [0.15, 0.2) is 11.6 Å². The van der Waals surface area contributed by atoms with Crippen LogP contribution in [0.2, 0.25) is 0 Å². The normalized spacial score (nSPS) is 15.0. The van der Waals surface area contributed by atoms with Crippen LogP contribution in [0.4, 0.5) is 11.6 Å². The van der Waals surface area contributed by atoms with Crippen LogP contribution in [-0.4, -0.2) is 56.1 Å². The number of anilines is 2. The van der Waals surface area contributed by atoms with E-state index in [1.54, 1.807) is 36.1 Å². The molecule has 0 spiro atoms. The summed E-state index contributed by atoms with van der Waals surface area (Å²) in [5.41, 5.74) is 1.53. The average Bonchev–Trinajstić information content (AvgIpc) is 2.64. The Morgan fingerprint density at radius 1 is 1.04 bits per heavy atom. The zero-order valence-electron chi connectivity index (χ0n) is 14.7. The Balaban J connectivity index is 1.73. The summed E-state index contributed by atoms with van der Waals surface area (Å²) in [7, 11) is -3.73. The number of nitrogens with one attached hydrogen (secondary N) is 1. The summed E-state index contributed by atoms with van der Waals surface area (Å²) in [5.74, 6) is 0.825. The fraction of sp³-hybridized carbons (Fsp3) is 0.353. The van der Waals surface area contributed by atoms with Gasteiger partial charge in [-0.25, -0.2) is 8.42 Å². The number of carbonyl (C=O) groups excluding carboxylic acids is 1. The number of sulfonamides is 1. The molecule has 26 heavy (non-hydrogen) atoms. The summed E-state index contributed by atoms with van der Waals surface area (Å²) in [6.45, 7) is 6.19. The topological polar surface area (TPSA) is 95.5 Å². The van der Waals surface area contributed by atoms with Crippen LogP contribution in [0.25, 0.3) is 0 Å². The third-order valence-electron chi connectivity index (χ3n) is 4.31. The Bertz CT molecular complexity index is 891. The van der Waals surface area contributed by atoms with Crippen molar-refractivity contribution < 1.29 is 13.2 Å². The van der Waals surface area contributed by atoms with Gasteiger partial charge in [-0.15, -0.1) is 10.2 Å². The van der Waals surface area contributed by atoms with Crippen molar-refractivity contribution in [2.45, 2.75) is 18.7 Å². The lowest BCUT2D eigenvalue weighted by atomic mass is 10.2. The monoisotopic (exact) mass is 375 g/mol. The molecule has 0 unspecified atom stereocenters. The molecule has 1 aromatic heterocycles. The molecule has 1 fully saturated rings. The van der Waals surface area contributed by atoms with E-state index in [-0.39, 0.29) is 10.7 Å². The molecule has 9 heteroatoms. The zero-order valence-corrected chi connectivity index (χ0v) is 15.5. The van der Waals surface area contributed by atoms with E-state index in [2.05, 4.69) is 14.9 Å². The van der Waals surface area contributed by atoms with Crippen LogP contribution < -0.4 is 9.62 Å². The van der Waals surface area contributed by atoms with Gasteiger partial charge in [-0.2, -0.15) is 0 Å². The van der Waals surface area contributed by atoms with Gasteiger partial charge in [0.25, 0.3) is 10.0 Å². The first-order chi connectivity index (χ1) is 12.4. The molecular formula is C17H21N5O3S. The van der Waals surface area contributed by atoms with E-state index in [0.717, 1.165) is 12.0 Å². The summed E-state index contributed by atoms with van der Waals surface area (Å²) in [6.07, 6.45) is 0.841. The predicted molar refractivity (Wildman–Crippen MR) is 98.6 cm³/mol. The summed E-state index contributed by atoms with van der Waals surface area (Å²) in [5, 5.41) is 8.10. The Morgan fingerprint density at radius 2 is 1.77 bits per heavy atom. The van der Waals surface area contributed by atoms with Gasteiger partial charge in [-0.05, 0) is 43.2 Å². The fourth-order valence-corrected chi connectivity index (χ4v) is 4.12. The van der Waals surface area contributed by atoms with Gasteiger partial charge in [0.1, 0.15) is 0 Å². The SMILES string of the molecule is Cc1ccc(C)c(S(=O)(=O)Nc2ccc(N3CCN(C=O)CC3)nn2)c1. The molecule has 1 aliphatic heterocycles. The molecule has 3 rings (SSSR count). The Hall–Kier alpha value is -2.68. The molecule has 138 valence electrons. The van der Waals surface area contributed by atoms with Crippen molar-refractivity contribution in [3.8, 4) is 0 Å². The van der Waals surface area contributed by atoms with Gasteiger partial charge >= 0.3 is 0 Å². The lowest BCUT2D eigenvalue weighted by Gasteiger charge is -2.32. The molecule has 0 aliphatic carbocycles. The maximum absolute atomic E-state index is 12.6. The van der Waals surface area contributed by atoms with E-state index < -0.39 is 10.0 Å². The molecule has 0 atom stereocenters. The van der Waals surface area contributed by atoms with Crippen LogP contribution in [0.3, 0.4) is 0 Å². The highest BCUT2D eigenvalue weighted by molar-refractivity contribution is 7.92. The van der Waals surface area contributed by atoms with Gasteiger partial charge in [-0.1, -0.05) is 12.1 Å². The molecular weight excluding hydrogens is 354 g/mol. The number of benzene rings is 1. The van der Waals surface area contributed by atoms with Gasteiger partial charge in [0.05, 0.1) is 4.90 Å². The summed E-state index contributed by atoms with van der Waals surface area (Å²) >= 11 is 0. The van der Waals surface area contributed by atoms with Crippen molar-refractivity contribution in [2.75, 3.05) is 35.8 Å². The number of carbonyl (C=O) groups is 1. The lowest BCUT2D eigenvalue weighted by Crippen LogP contribution is -2.46. The maximum atomic E-state index is 12.6. The quantitative estimate of drug-likeness (QED) is 0.789. The van der Waals surface area contributed by atoms with Gasteiger partial charge in [0.2, 0.25) is 6.41 Å². The van der Waals surface area contributed by atoms with Crippen LogP contribution >= 0.6 is 0 Å². The van der Waals surface area contributed by atoms with Gasteiger partial charge in [0, 0.05) is 26.2 Å². The van der Waals surface area contributed by atoms with Crippen molar-refractivity contribution in [3.05, 3.63) is 41.5 Å². The standard InChI is InChI=1S/C17H21N5O3S/c1-13-3-4-14(2)15(11-13)26(24,25)20-16-5-6-17(19-18-16)22-9-7-21(12-23)8-10-22/h3-6,11-12H,7-10H2,1-2H3,(H,18,20). The molecule has 1 saturated heterocycles. The van der Waals surface area contributed by atoms with Crippen molar-refractivity contribution >= 4 is 28.1 Å². The van der Waals surface area contributed by atoms with Crippen LogP contribution in [0.1, 0.15) is 11.1 Å². The van der Waals surface area contributed by atoms with Crippen molar-refractivity contribution in [2.24, 2.45) is 0 Å². The number of rotatable bonds is 5. The number of hydrogen-bond donors (Lipinski definition) is 1. The summed E-state index contributed by atoms with van der Waals surface area (Å²) in [4.78, 5) is 14.7. The Labute approximate surface area is 152 Å². The van der Waals surface area contributed by atoms with Gasteiger partial charge in [-0.3, -0.25) is 9.52 Å². The van der Waals surface area contributed by atoms with E-state index in [4.69, 9.17) is 0 Å². The van der Waals surface area contributed by atoms with Crippen LogP contribution in [0, 0.1) is 13.8 Å². The highest BCUT2D eigenvalue weighted by atomic mass is 32.2. The maximum Gasteiger partial charge on any atom is 0.263 e. The van der Waals surface area contributed by atoms with Crippen LogP contribution in [-0.2, 0) is 14.8 Å². The Kier molecular flexibility index (Phi) is 5.08. The highest BCUT2D eigenvalue weighted by Gasteiger charge is 2.20. The minimum atomic E-state index is -3.73. The molecule has 1 amide bonds. The molecule has 1 aliphatic rings. The van der Waals surface area contributed by atoms with Crippen LogP contribution in [0.5, 0.6) is 0 Å². The minimum absolute atomic E-state index is 0.168. The second-order valence-electron chi connectivity index (χ2n) is 6.28. The van der Waals surface area contributed by atoms with E-state index in [9.17, 15) is 13.2 Å². The van der Waals surface area contributed by atoms with Crippen LogP contribution in [0.15, 0.2) is 35.2 Å². The lowest BCUT2D eigenvalue weighted by molar-refractivity contribution is -0.118. The first-order valence-electron chi connectivity index (χ1n) is 8.27. The molecule has 1 N–H and O–H groups in total. The summed E-state index contributed by atoms with van der Waals surface area (Å²) < 4.78 is 27.7. The van der Waals surface area contributed by atoms with E-state index in [1.165, 1.54) is 0 Å². The van der Waals surface area contributed by atoms with Crippen molar-refractivity contribution in [1.29, 1.82) is 0 Å². The van der Waals surface area contributed by atoms with Crippen molar-refractivity contribution in [1.82, 2.24) is 15.1 Å². The zero-order chi connectivity index (χ0) is 18.7. The number of aryl methyl sites for hydroxylation is 2. The first kappa shape index (κ1) is 18.1. The fourth-order valence-electron chi connectivity index (χ4n) is 2.79. The molecule has 2 aromatic rings. The third-order valence-corrected chi connectivity index (χ3v) is 5.81. The number of hydrogen-bond acceptors (Lipinski definition) is 6.